The largest absolute Gasteiger partial charge is 0.469 e. The number of aryl methyl sites for hydroxylation is 2. The number of H-pyrrole nitrogens is 2. The second-order valence-corrected chi connectivity index (χ2v) is 12.1. The van der Waals surface area contributed by atoms with Gasteiger partial charge in [0.1, 0.15) is 0 Å². The van der Waals surface area contributed by atoms with Crippen LogP contribution in [0.5, 0.6) is 0 Å². The molecule has 3 aromatic heterocycles. The van der Waals surface area contributed by atoms with Gasteiger partial charge in [-0.3, -0.25) is 9.59 Å². The Kier molecular flexibility index (Phi) is 9.38. The van der Waals surface area contributed by atoms with Crippen LogP contribution in [0.2, 0.25) is 0 Å². The van der Waals surface area contributed by atoms with Crippen molar-refractivity contribution in [2.24, 2.45) is 0 Å². The minimum atomic E-state index is -1.79. The van der Waals surface area contributed by atoms with Crippen molar-refractivity contribution < 1.29 is 27.8 Å². The molecule has 8 bridgehead atoms. The van der Waals surface area contributed by atoms with Crippen LogP contribution >= 0.6 is 22.6 Å². The van der Waals surface area contributed by atoms with Crippen LogP contribution in [0, 0.1) is 17.4 Å². The van der Waals surface area contributed by atoms with Crippen LogP contribution in [0.15, 0.2) is 30.3 Å². The first kappa shape index (κ1) is 32.3. The van der Waals surface area contributed by atoms with Gasteiger partial charge < -0.3 is 19.4 Å². The fourth-order valence-corrected chi connectivity index (χ4v) is 6.26. The molecule has 11 heteroatoms. The van der Waals surface area contributed by atoms with E-state index in [-0.39, 0.29) is 24.8 Å². The van der Waals surface area contributed by atoms with E-state index in [1.54, 1.807) is 6.92 Å². The quantitative estimate of drug-likeness (QED) is 0.187. The lowest BCUT2D eigenvalue weighted by molar-refractivity contribution is -0.141. The topological polar surface area (TPSA) is 110 Å². The highest BCUT2D eigenvalue weighted by Crippen LogP contribution is 2.38. The monoisotopic (exact) mass is 726 g/mol. The van der Waals surface area contributed by atoms with Crippen LogP contribution in [0.25, 0.3) is 50.4 Å². The van der Waals surface area contributed by atoms with Crippen LogP contribution in [-0.2, 0) is 19.1 Å². The Morgan fingerprint density at radius 1 is 0.733 bits per heavy atom. The minimum Gasteiger partial charge on any atom is -0.469 e. The molecule has 0 saturated heterocycles. The maximum absolute atomic E-state index is 13.6. The first-order chi connectivity index (χ1) is 21.4. The standard InChI is InChI=1S/C34H33F2IN4O4/c1-16-20(7-9-32(42)44-5)27-15-28-21(8-10-33(43)45-6)17(2)25(39-28)14-30-34(37)19(4)26(41-30)13-29-22(11-31(35)36)18(3)24(40-29)12-23(16)38-27/h11-15,40-41H,7-10H2,1-6H3. The van der Waals surface area contributed by atoms with Crippen LogP contribution in [0.1, 0.15) is 79.0 Å². The summed E-state index contributed by atoms with van der Waals surface area (Å²) in [6.07, 6.45) is 0.231. The van der Waals surface area contributed by atoms with E-state index in [1.807, 2.05) is 45.0 Å². The molecular formula is C34H33F2IN4O4. The van der Waals surface area contributed by atoms with E-state index >= 15 is 0 Å². The number of hydrogen-bond acceptors (Lipinski definition) is 6. The molecule has 234 valence electrons. The smallest absolute Gasteiger partial charge is 0.305 e. The number of aromatic amines is 2. The molecule has 2 aliphatic heterocycles. The van der Waals surface area contributed by atoms with Crippen LogP contribution in [0.3, 0.4) is 0 Å². The maximum Gasteiger partial charge on any atom is 0.305 e. The van der Waals surface area contributed by atoms with E-state index in [0.717, 1.165) is 54.2 Å². The Labute approximate surface area is 272 Å². The second-order valence-electron chi connectivity index (χ2n) is 11.0. The van der Waals surface area contributed by atoms with Crippen molar-refractivity contribution in [2.45, 2.75) is 53.4 Å². The van der Waals surface area contributed by atoms with E-state index < -0.39 is 6.08 Å². The summed E-state index contributed by atoms with van der Waals surface area (Å²) in [5.41, 5.74) is 11.0. The summed E-state index contributed by atoms with van der Waals surface area (Å²) in [6.45, 7) is 7.67. The van der Waals surface area contributed by atoms with Crippen molar-refractivity contribution >= 4 is 85.0 Å². The van der Waals surface area contributed by atoms with E-state index in [2.05, 4.69) is 32.6 Å². The predicted octanol–water partition coefficient (Wildman–Crippen LogP) is 8.54. The van der Waals surface area contributed by atoms with Crippen LogP contribution < -0.4 is 0 Å². The van der Waals surface area contributed by atoms with Gasteiger partial charge in [0.15, 0.2) is 0 Å². The molecule has 0 unspecified atom stereocenters. The molecule has 0 aliphatic carbocycles. The number of carbonyl (C=O) groups excluding carboxylic acids is 2. The summed E-state index contributed by atoms with van der Waals surface area (Å²) in [5, 5.41) is 0. The van der Waals surface area contributed by atoms with Gasteiger partial charge in [0.2, 0.25) is 0 Å². The van der Waals surface area contributed by atoms with Crippen molar-refractivity contribution in [3.63, 3.8) is 0 Å². The first-order valence-electron chi connectivity index (χ1n) is 14.4. The average molecular weight is 727 g/mol. The van der Waals surface area contributed by atoms with Crippen LogP contribution in [-0.4, -0.2) is 46.1 Å². The summed E-state index contributed by atoms with van der Waals surface area (Å²) < 4.78 is 38.1. The normalized spacial score (nSPS) is 12.9. The lowest BCUT2D eigenvalue weighted by atomic mass is 9.98. The van der Waals surface area contributed by atoms with Crippen molar-refractivity contribution in [3.05, 3.63) is 73.4 Å². The summed E-state index contributed by atoms with van der Waals surface area (Å²) >= 11 is 2.27. The summed E-state index contributed by atoms with van der Waals surface area (Å²) in [6, 6.07) is 7.53. The molecule has 0 atom stereocenters. The number of methoxy groups -OCH3 is 2. The van der Waals surface area contributed by atoms with Gasteiger partial charge >= 0.3 is 11.9 Å². The van der Waals surface area contributed by atoms with Gasteiger partial charge in [0, 0.05) is 44.6 Å². The van der Waals surface area contributed by atoms with Crippen molar-refractivity contribution in [2.75, 3.05) is 14.2 Å². The number of allylic oxidation sites excluding steroid dienone is 4. The van der Waals surface area contributed by atoms with Crippen molar-refractivity contribution in [1.29, 1.82) is 0 Å². The highest BCUT2D eigenvalue weighted by molar-refractivity contribution is 14.1. The molecule has 0 radical (unpaired) electrons. The molecule has 2 aliphatic rings. The average Bonchev–Trinajstić information content (AvgIpc) is 3.65. The Bertz CT molecular complexity index is 2000. The molecule has 0 fully saturated rings. The highest BCUT2D eigenvalue weighted by atomic mass is 127. The molecule has 8 nitrogen and oxygen atoms in total. The van der Waals surface area contributed by atoms with Gasteiger partial charge in [-0.15, -0.1) is 0 Å². The number of halogens is 3. The number of carbonyl (C=O) groups is 2. The second kappa shape index (κ2) is 13.1. The summed E-state index contributed by atoms with van der Waals surface area (Å²) in [4.78, 5) is 41.0. The Balaban J connectivity index is 1.89. The third-order valence-corrected chi connectivity index (χ3v) is 9.76. The maximum atomic E-state index is 13.6. The van der Waals surface area contributed by atoms with Gasteiger partial charge in [-0.05, 0) is 121 Å². The van der Waals surface area contributed by atoms with Gasteiger partial charge in [-0.2, -0.15) is 8.78 Å². The number of esters is 2. The van der Waals surface area contributed by atoms with E-state index in [9.17, 15) is 18.4 Å². The SMILES string of the molecule is COC(=O)CCC1=C(C)c2cc3[nH]c(cc4[nH]c(cc5nc(cc1n2)C(CCC(=O)OC)=C5C)c(I)c4C)c(C=C(F)F)c3C. The predicted molar refractivity (Wildman–Crippen MR) is 181 cm³/mol. The van der Waals surface area contributed by atoms with E-state index in [1.165, 1.54) is 14.2 Å². The van der Waals surface area contributed by atoms with Crippen LogP contribution in [0.4, 0.5) is 8.78 Å². The van der Waals surface area contributed by atoms with Crippen molar-refractivity contribution in [1.82, 2.24) is 19.9 Å². The molecule has 3 aromatic rings. The Morgan fingerprint density at radius 3 is 1.73 bits per heavy atom. The van der Waals surface area contributed by atoms with Gasteiger partial charge in [0.05, 0.1) is 42.5 Å². The number of hydrogen-bond donors (Lipinski definition) is 2. The molecule has 2 N–H and O–H groups in total. The minimum absolute atomic E-state index is 0.156. The molecule has 0 saturated carbocycles. The third kappa shape index (κ3) is 6.49. The third-order valence-electron chi connectivity index (χ3n) is 8.37. The number of rotatable bonds is 7. The first-order valence-corrected chi connectivity index (χ1v) is 15.5. The fourth-order valence-electron chi connectivity index (χ4n) is 5.68. The zero-order valence-electron chi connectivity index (χ0n) is 25.9. The number of ether oxygens (including phenoxy) is 2. The number of nitrogens with zero attached hydrogens (tertiary/aromatic N) is 2. The molecule has 5 rings (SSSR count). The van der Waals surface area contributed by atoms with Gasteiger partial charge in [0.25, 0.3) is 6.08 Å². The summed E-state index contributed by atoms with van der Waals surface area (Å²) in [5.74, 6) is -0.663. The van der Waals surface area contributed by atoms with E-state index in [0.29, 0.717) is 52.1 Å². The molecule has 5 heterocycles. The molecule has 0 aromatic carbocycles. The zero-order chi connectivity index (χ0) is 32.6. The molecule has 0 amide bonds. The van der Waals surface area contributed by atoms with Gasteiger partial charge in [-0.25, -0.2) is 9.97 Å². The fraction of sp³-hybridized carbons (Fsp3) is 0.294. The Morgan fingerprint density at radius 2 is 1.22 bits per heavy atom. The number of nitrogens with one attached hydrogen (secondary N) is 2. The summed E-state index contributed by atoms with van der Waals surface area (Å²) in [7, 11) is 2.72. The molecule has 45 heavy (non-hydrogen) atoms. The number of fused-ring (bicyclic) bond motifs is 8. The molecule has 0 spiro atoms. The van der Waals surface area contributed by atoms with Crippen molar-refractivity contribution in [3.8, 4) is 0 Å². The van der Waals surface area contributed by atoms with Gasteiger partial charge in [-0.1, -0.05) is 0 Å². The Hall–Kier alpha value is -4.13. The highest BCUT2D eigenvalue weighted by Gasteiger charge is 2.23. The van der Waals surface area contributed by atoms with E-state index in [4.69, 9.17) is 19.4 Å². The zero-order valence-corrected chi connectivity index (χ0v) is 28.0. The number of aromatic nitrogens is 4. The lowest BCUT2D eigenvalue weighted by Crippen LogP contribution is -2.01. The lowest BCUT2D eigenvalue weighted by Gasteiger charge is -2.06. The molecular weight excluding hydrogens is 693 g/mol.